The fourth-order valence-electron chi connectivity index (χ4n) is 1.56. The second kappa shape index (κ2) is 5.94. The number of nitrogens with zero attached hydrogens (tertiary/aromatic N) is 3. The number of anilines is 2. The first-order valence-electron chi connectivity index (χ1n) is 5.73. The van der Waals surface area contributed by atoms with Gasteiger partial charge in [0.15, 0.2) is 0 Å². The average Bonchev–Trinajstić information content (AvgIpc) is 2.34. The second-order valence-corrected chi connectivity index (χ2v) is 3.84. The van der Waals surface area contributed by atoms with E-state index in [0.29, 0.717) is 23.4 Å². The fraction of sp³-hybridized carbons (Fsp3) is 0.500. The van der Waals surface area contributed by atoms with Gasteiger partial charge in [0.2, 0.25) is 0 Å². The molecule has 0 aromatic carbocycles. The SMILES string of the molecule is CCCCN=c1c(C#N)c(NC)cc(N)n1C. The Labute approximate surface area is 102 Å². The topological polar surface area (TPSA) is 79.1 Å². The summed E-state index contributed by atoms with van der Waals surface area (Å²) < 4.78 is 1.75. The molecule has 0 atom stereocenters. The van der Waals surface area contributed by atoms with E-state index in [0.717, 1.165) is 18.5 Å². The number of hydrogen-bond acceptors (Lipinski definition) is 4. The number of aromatic nitrogens is 1. The summed E-state index contributed by atoms with van der Waals surface area (Å²) in [6.07, 6.45) is 2.09. The van der Waals surface area contributed by atoms with Crippen LogP contribution >= 0.6 is 0 Å². The Balaban J connectivity index is 3.39. The van der Waals surface area contributed by atoms with Gasteiger partial charge in [-0.05, 0) is 6.42 Å². The summed E-state index contributed by atoms with van der Waals surface area (Å²) in [6, 6.07) is 3.92. The van der Waals surface area contributed by atoms with Crippen LogP contribution in [-0.4, -0.2) is 18.2 Å². The largest absolute Gasteiger partial charge is 0.387 e. The Morgan fingerprint density at radius 1 is 1.59 bits per heavy atom. The zero-order valence-corrected chi connectivity index (χ0v) is 10.6. The molecule has 0 aliphatic rings. The standard InChI is InChI=1S/C12H19N5/c1-4-5-6-16-12-9(8-13)10(15-2)7-11(14)17(12)3/h7,15H,4-6,14H2,1-3H3. The molecule has 0 fully saturated rings. The summed E-state index contributed by atoms with van der Waals surface area (Å²) in [6.45, 7) is 2.82. The normalized spacial score (nSPS) is 11.3. The highest BCUT2D eigenvalue weighted by Crippen LogP contribution is 2.13. The minimum absolute atomic E-state index is 0.542. The molecule has 0 aliphatic heterocycles. The molecule has 92 valence electrons. The van der Waals surface area contributed by atoms with Crippen LogP contribution in [0.1, 0.15) is 25.3 Å². The summed E-state index contributed by atoms with van der Waals surface area (Å²) in [7, 11) is 3.59. The lowest BCUT2D eigenvalue weighted by Gasteiger charge is -2.11. The quantitative estimate of drug-likeness (QED) is 0.767. The van der Waals surface area contributed by atoms with Crippen LogP contribution in [0, 0.1) is 11.3 Å². The van der Waals surface area contributed by atoms with Gasteiger partial charge >= 0.3 is 0 Å². The molecule has 0 spiro atoms. The number of nitrogen functional groups attached to an aromatic ring is 1. The molecule has 0 saturated heterocycles. The first-order valence-corrected chi connectivity index (χ1v) is 5.73. The fourth-order valence-corrected chi connectivity index (χ4v) is 1.56. The van der Waals surface area contributed by atoms with Crippen LogP contribution in [-0.2, 0) is 7.05 Å². The van der Waals surface area contributed by atoms with Crippen LogP contribution in [0.25, 0.3) is 0 Å². The van der Waals surface area contributed by atoms with E-state index in [2.05, 4.69) is 23.3 Å². The lowest BCUT2D eigenvalue weighted by atomic mass is 10.2. The van der Waals surface area contributed by atoms with Crippen molar-refractivity contribution in [3.8, 4) is 6.07 Å². The van der Waals surface area contributed by atoms with Crippen LogP contribution in [0.15, 0.2) is 11.1 Å². The molecular weight excluding hydrogens is 214 g/mol. The number of nitriles is 1. The van der Waals surface area contributed by atoms with E-state index in [-0.39, 0.29) is 0 Å². The third kappa shape index (κ3) is 2.78. The molecule has 0 bridgehead atoms. The highest BCUT2D eigenvalue weighted by molar-refractivity contribution is 5.60. The first-order chi connectivity index (χ1) is 8.15. The molecule has 5 heteroatoms. The third-order valence-corrected chi connectivity index (χ3v) is 2.64. The Kier molecular flexibility index (Phi) is 4.58. The molecule has 3 N–H and O–H groups in total. The molecule has 0 saturated carbocycles. The zero-order valence-electron chi connectivity index (χ0n) is 10.6. The van der Waals surface area contributed by atoms with Crippen molar-refractivity contribution in [2.24, 2.45) is 12.0 Å². The van der Waals surface area contributed by atoms with Gasteiger partial charge in [0.1, 0.15) is 22.9 Å². The van der Waals surface area contributed by atoms with Gasteiger partial charge in [-0.25, -0.2) is 0 Å². The molecule has 1 aromatic heterocycles. The van der Waals surface area contributed by atoms with Crippen LogP contribution in [0.3, 0.4) is 0 Å². The van der Waals surface area contributed by atoms with Crippen molar-refractivity contribution < 1.29 is 0 Å². The van der Waals surface area contributed by atoms with E-state index in [1.165, 1.54) is 0 Å². The Hall–Kier alpha value is -1.96. The smallest absolute Gasteiger partial charge is 0.149 e. The van der Waals surface area contributed by atoms with Gasteiger partial charge in [0.05, 0.1) is 5.69 Å². The van der Waals surface area contributed by atoms with E-state index in [4.69, 9.17) is 5.73 Å². The van der Waals surface area contributed by atoms with E-state index in [1.807, 2.05) is 7.05 Å². The van der Waals surface area contributed by atoms with Crippen LogP contribution in [0.2, 0.25) is 0 Å². The molecule has 5 nitrogen and oxygen atoms in total. The maximum atomic E-state index is 9.20. The van der Waals surface area contributed by atoms with Crippen LogP contribution in [0.4, 0.5) is 11.5 Å². The molecule has 1 aromatic rings. The predicted molar refractivity (Wildman–Crippen MR) is 69.4 cm³/mol. The number of unbranched alkanes of at least 4 members (excludes halogenated alkanes) is 1. The van der Waals surface area contributed by atoms with Crippen molar-refractivity contribution >= 4 is 11.5 Å². The van der Waals surface area contributed by atoms with E-state index in [1.54, 1.807) is 17.7 Å². The Morgan fingerprint density at radius 2 is 2.29 bits per heavy atom. The number of hydrogen-bond donors (Lipinski definition) is 2. The lowest BCUT2D eigenvalue weighted by molar-refractivity contribution is 0.753. The summed E-state index contributed by atoms with van der Waals surface area (Å²) >= 11 is 0. The zero-order chi connectivity index (χ0) is 12.8. The minimum atomic E-state index is 0.542. The van der Waals surface area contributed by atoms with Crippen molar-refractivity contribution in [2.45, 2.75) is 19.8 Å². The highest BCUT2D eigenvalue weighted by atomic mass is 15.1. The van der Waals surface area contributed by atoms with Gasteiger partial charge in [-0.3, -0.25) is 4.99 Å². The average molecular weight is 233 g/mol. The molecule has 17 heavy (non-hydrogen) atoms. The molecule has 0 aliphatic carbocycles. The number of nitrogens with two attached hydrogens (primary N) is 1. The molecule has 1 rings (SSSR count). The summed E-state index contributed by atoms with van der Waals surface area (Å²) in [5.41, 5.74) is 7.78. The van der Waals surface area contributed by atoms with Crippen LogP contribution in [0.5, 0.6) is 0 Å². The molecule has 1 heterocycles. The van der Waals surface area contributed by atoms with Crippen molar-refractivity contribution in [3.05, 3.63) is 17.1 Å². The predicted octanol–water partition coefficient (Wildman–Crippen LogP) is 1.22. The van der Waals surface area contributed by atoms with Gasteiger partial charge < -0.3 is 15.6 Å². The summed E-state index contributed by atoms with van der Waals surface area (Å²) in [5.74, 6) is 0.587. The molecule has 0 unspecified atom stereocenters. The van der Waals surface area contributed by atoms with Gasteiger partial charge in [0, 0.05) is 26.7 Å². The molecule has 0 amide bonds. The van der Waals surface area contributed by atoms with E-state index in [9.17, 15) is 5.26 Å². The maximum absolute atomic E-state index is 9.20. The maximum Gasteiger partial charge on any atom is 0.149 e. The van der Waals surface area contributed by atoms with Gasteiger partial charge in [-0.2, -0.15) is 5.26 Å². The minimum Gasteiger partial charge on any atom is -0.387 e. The third-order valence-electron chi connectivity index (χ3n) is 2.64. The van der Waals surface area contributed by atoms with Crippen molar-refractivity contribution in [1.82, 2.24) is 4.57 Å². The lowest BCUT2D eigenvalue weighted by Crippen LogP contribution is -2.25. The Bertz CT molecular complexity index is 493. The van der Waals surface area contributed by atoms with E-state index >= 15 is 0 Å². The number of rotatable bonds is 4. The second-order valence-electron chi connectivity index (χ2n) is 3.84. The number of nitrogens with one attached hydrogen (secondary N) is 1. The summed E-state index contributed by atoms with van der Waals surface area (Å²) in [5, 5.41) is 12.2. The van der Waals surface area contributed by atoms with Crippen molar-refractivity contribution in [1.29, 1.82) is 5.26 Å². The number of pyridine rings is 1. The van der Waals surface area contributed by atoms with Gasteiger partial charge in [-0.1, -0.05) is 13.3 Å². The Morgan fingerprint density at radius 3 is 2.82 bits per heavy atom. The van der Waals surface area contributed by atoms with Gasteiger partial charge in [-0.15, -0.1) is 0 Å². The van der Waals surface area contributed by atoms with Crippen molar-refractivity contribution in [3.63, 3.8) is 0 Å². The molecule has 0 radical (unpaired) electrons. The van der Waals surface area contributed by atoms with Crippen molar-refractivity contribution in [2.75, 3.05) is 24.6 Å². The van der Waals surface area contributed by atoms with Gasteiger partial charge in [0.25, 0.3) is 0 Å². The molecular formula is C12H19N5. The first kappa shape index (κ1) is 13.1. The van der Waals surface area contributed by atoms with E-state index < -0.39 is 0 Å². The highest BCUT2D eigenvalue weighted by Gasteiger charge is 2.08. The summed E-state index contributed by atoms with van der Waals surface area (Å²) in [4.78, 5) is 4.46. The van der Waals surface area contributed by atoms with Crippen LogP contribution < -0.4 is 16.5 Å². The monoisotopic (exact) mass is 233 g/mol.